The van der Waals surface area contributed by atoms with Crippen molar-refractivity contribution in [2.75, 3.05) is 13.7 Å². The third-order valence-electron chi connectivity index (χ3n) is 2.85. The Morgan fingerprint density at radius 2 is 1.94 bits per heavy atom. The Labute approximate surface area is 96.3 Å². The summed E-state index contributed by atoms with van der Waals surface area (Å²) in [5.74, 6) is 0. The van der Waals surface area contributed by atoms with E-state index in [2.05, 4.69) is 6.92 Å². The van der Waals surface area contributed by atoms with Crippen LogP contribution >= 0.6 is 0 Å². The average molecular weight is 234 g/mol. The van der Waals surface area contributed by atoms with Gasteiger partial charge in [0.05, 0.1) is 6.10 Å². The van der Waals surface area contributed by atoms with E-state index in [0.717, 1.165) is 12.8 Å². The van der Waals surface area contributed by atoms with Gasteiger partial charge in [-0.25, -0.2) is 0 Å². The predicted octanol–water partition coefficient (Wildman–Crippen LogP) is 0.285. The van der Waals surface area contributed by atoms with E-state index >= 15 is 0 Å². The van der Waals surface area contributed by atoms with Crippen molar-refractivity contribution in [3.63, 3.8) is 0 Å². The minimum Gasteiger partial charge on any atom is -0.385 e. The Hall–Kier alpha value is -0.200. The first kappa shape index (κ1) is 13.9. The van der Waals surface area contributed by atoms with Gasteiger partial charge in [0.25, 0.3) is 0 Å². The fraction of sp³-hybridized carbons (Fsp3) is 1.00. The lowest BCUT2D eigenvalue weighted by Crippen LogP contribution is -2.58. The van der Waals surface area contributed by atoms with Gasteiger partial charge in [-0.1, -0.05) is 13.3 Å². The molecule has 5 atom stereocenters. The number of aliphatic hydroxyl groups excluding tert-OH is 2. The Morgan fingerprint density at radius 3 is 2.50 bits per heavy atom. The third-order valence-corrected chi connectivity index (χ3v) is 2.85. The van der Waals surface area contributed by atoms with Crippen LogP contribution in [0.5, 0.6) is 0 Å². The van der Waals surface area contributed by atoms with Crippen LogP contribution in [-0.4, -0.2) is 54.6 Å². The molecule has 1 fully saturated rings. The molecule has 1 rings (SSSR count). The van der Waals surface area contributed by atoms with Crippen LogP contribution in [0.25, 0.3) is 0 Å². The Kier molecular flexibility index (Phi) is 5.64. The first-order valence-electron chi connectivity index (χ1n) is 5.77. The molecule has 1 aliphatic rings. The molecule has 1 heterocycles. The zero-order valence-corrected chi connectivity index (χ0v) is 10.1. The van der Waals surface area contributed by atoms with Gasteiger partial charge in [-0.2, -0.15) is 0 Å². The molecular formula is C11H22O5. The molecule has 0 aromatic carbocycles. The molecule has 0 aromatic rings. The molecule has 0 amide bonds. The van der Waals surface area contributed by atoms with Crippen molar-refractivity contribution >= 4 is 0 Å². The van der Waals surface area contributed by atoms with Crippen molar-refractivity contribution in [1.82, 2.24) is 0 Å². The van der Waals surface area contributed by atoms with Gasteiger partial charge in [0, 0.05) is 13.7 Å². The molecule has 0 aliphatic carbocycles. The topological polar surface area (TPSA) is 68.2 Å². The summed E-state index contributed by atoms with van der Waals surface area (Å²) in [7, 11) is 1.55. The standard InChI is InChI=1S/C11H22O5/c1-4-5-6-15-10-8(12)11(13)16-7(2)9(10)14-3/h7-13H,4-6H2,1-3H3/t7-,8-,9-,10-,11?/m1/s1. The second-order valence-electron chi connectivity index (χ2n) is 4.11. The van der Waals surface area contributed by atoms with Gasteiger partial charge >= 0.3 is 0 Å². The largest absolute Gasteiger partial charge is 0.385 e. The van der Waals surface area contributed by atoms with E-state index in [1.807, 2.05) is 0 Å². The molecule has 2 N–H and O–H groups in total. The van der Waals surface area contributed by atoms with Gasteiger partial charge < -0.3 is 24.4 Å². The first-order valence-corrected chi connectivity index (χ1v) is 5.77. The molecule has 16 heavy (non-hydrogen) atoms. The molecule has 0 aromatic heterocycles. The van der Waals surface area contributed by atoms with Crippen LogP contribution in [0.3, 0.4) is 0 Å². The Balaban J connectivity index is 2.58. The highest BCUT2D eigenvalue weighted by Crippen LogP contribution is 2.24. The highest BCUT2D eigenvalue weighted by molar-refractivity contribution is 4.89. The number of methoxy groups -OCH3 is 1. The van der Waals surface area contributed by atoms with Crippen molar-refractivity contribution in [1.29, 1.82) is 0 Å². The zero-order chi connectivity index (χ0) is 12.1. The molecule has 96 valence electrons. The van der Waals surface area contributed by atoms with Crippen molar-refractivity contribution in [3.05, 3.63) is 0 Å². The summed E-state index contributed by atoms with van der Waals surface area (Å²) < 4.78 is 15.9. The maximum absolute atomic E-state index is 9.78. The van der Waals surface area contributed by atoms with Gasteiger partial charge in [-0.15, -0.1) is 0 Å². The fourth-order valence-corrected chi connectivity index (χ4v) is 1.88. The van der Waals surface area contributed by atoms with E-state index in [1.165, 1.54) is 0 Å². The molecular weight excluding hydrogens is 212 g/mol. The molecule has 0 radical (unpaired) electrons. The van der Waals surface area contributed by atoms with E-state index in [9.17, 15) is 10.2 Å². The number of aliphatic hydroxyl groups is 2. The number of rotatable bonds is 5. The smallest absolute Gasteiger partial charge is 0.183 e. The lowest BCUT2D eigenvalue weighted by Gasteiger charge is -2.41. The van der Waals surface area contributed by atoms with Crippen LogP contribution in [0.1, 0.15) is 26.7 Å². The van der Waals surface area contributed by atoms with E-state index in [1.54, 1.807) is 14.0 Å². The van der Waals surface area contributed by atoms with Crippen LogP contribution in [0.4, 0.5) is 0 Å². The van der Waals surface area contributed by atoms with E-state index < -0.39 is 18.5 Å². The van der Waals surface area contributed by atoms with Crippen LogP contribution in [0, 0.1) is 0 Å². The maximum atomic E-state index is 9.78. The highest BCUT2D eigenvalue weighted by atomic mass is 16.7. The number of ether oxygens (including phenoxy) is 3. The van der Waals surface area contributed by atoms with Gasteiger partial charge in [-0.05, 0) is 13.3 Å². The van der Waals surface area contributed by atoms with E-state index in [0.29, 0.717) is 6.61 Å². The lowest BCUT2D eigenvalue weighted by molar-refractivity contribution is -0.290. The summed E-state index contributed by atoms with van der Waals surface area (Å²) in [6.45, 7) is 4.41. The van der Waals surface area contributed by atoms with Gasteiger partial charge in [-0.3, -0.25) is 0 Å². The minimum atomic E-state index is -1.20. The van der Waals surface area contributed by atoms with Gasteiger partial charge in [0.1, 0.15) is 18.3 Å². The summed E-state index contributed by atoms with van der Waals surface area (Å²) in [5.41, 5.74) is 0. The lowest BCUT2D eigenvalue weighted by atomic mass is 9.99. The number of hydrogen-bond donors (Lipinski definition) is 2. The second-order valence-corrected chi connectivity index (χ2v) is 4.11. The molecule has 5 nitrogen and oxygen atoms in total. The summed E-state index contributed by atoms with van der Waals surface area (Å²) in [6.07, 6.45) is -1.49. The fourth-order valence-electron chi connectivity index (χ4n) is 1.88. The minimum absolute atomic E-state index is 0.296. The van der Waals surface area contributed by atoms with Crippen LogP contribution < -0.4 is 0 Å². The highest BCUT2D eigenvalue weighted by Gasteiger charge is 2.43. The molecule has 0 saturated carbocycles. The summed E-state index contributed by atoms with van der Waals surface area (Å²) in [5, 5.41) is 19.3. The molecule has 1 unspecified atom stereocenters. The van der Waals surface area contributed by atoms with Gasteiger partial charge in [0.15, 0.2) is 6.29 Å². The van der Waals surface area contributed by atoms with Gasteiger partial charge in [0.2, 0.25) is 0 Å². The average Bonchev–Trinajstić information content (AvgIpc) is 2.25. The summed E-state index contributed by atoms with van der Waals surface area (Å²) in [6, 6.07) is 0. The molecule has 5 heteroatoms. The van der Waals surface area contributed by atoms with Crippen LogP contribution in [0.15, 0.2) is 0 Å². The SMILES string of the molecule is CCCCO[C@H]1[C@H](OC)[C@@H](C)OC(O)[C@@H]1O. The molecule has 1 aliphatic heterocycles. The van der Waals surface area contributed by atoms with Crippen molar-refractivity contribution in [3.8, 4) is 0 Å². The summed E-state index contributed by atoms with van der Waals surface area (Å²) in [4.78, 5) is 0. The third kappa shape index (κ3) is 3.15. The number of unbranched alkanes of at least 4 members (excludes halogenated alkanes) is 1. The zero-order valence-electron chi connectivity index (χ0n) is 10.1. The van der Waals surface area contributed by atoms with E-state index in [-0.39, 0.29) is 12.2 Å². The Morgan fingerprint density at radius 1 is 1.25 bits per heavy atom. The van der Waals surface area contributed by atoms with Crippen molar-refractivity contribution < 1.29 is 24.4 Å². The Bertz CT molecular complexity index is 199. The first-order chi connectivity index (χ1) is 7.61. The second kappa shape index (κ2) is 6.51. The van der Waals surface area contributed by atoms with Crippen molar-refractivity contribution in [2.24, 2.45) is 0 Å². The quantitative estimate of drug-likeness (QED) is 0.669. The summed E-state index contributed by atoms with van der Waals surface area (Å²) >= 11 is 0. The van der Waals surface area contributed by atoms with E-state index in [4.69, 9.17) is 14.2 Å². The van der Waals surface area contributed by atoms with Crippen molar-refractivity contribution in [2.45, 2.75) is 57.4 Å². The molecule has 1 saturated heterocycles. The maximum Gasteiger partial charge on any atom is 0.183 e. The normalized spacial score (nSPS) is 39.9. The monoisotopic (exact) mass is 234 g/mol. The van der Waals surface area contributed by atoms with Crippen LogP contribution in [-0.2, 0) is 14.2 Å². The number of hydrogen-bond acceptors (Lipinski definition) is 5. The molecule has 0 bridgehead atoms. The van der Waals surface area contributed by atoms with Crippen LogP contribution in [0.2, 0.25) is 0 Å². The molecule has 0 spiro atoms. The predicted molar refractivity (Wildman–Crippen MR) is 58.0 cm³/mol.